The lowest BCUT2D eigenvalue weighted by Crippen LogP contribution is -2.40. The standard InChI is InChI=1S/C16H18N2/c1-15-8-16(15)11-4-3-5-12-14(11)10(7-17-12)6-13(16)18(2)9-15/h3-5,7,13,17H,6,8-9H2,1-2H3/t13-,15+,16+/m0/s1. The zero-order valence-electron chi connectivity index (χ0n) is 11.0. The van der Waals surface area contributed by atoms with Gasteiger partial charge in [0.2, 0.25) is 0 Å². The third-order valence-electron chi connectivity index (χ3n) is 6.00. The molecule has 2 aromatic rings. The van der Waals surface area contributed by atoms with E-state index in [2.05, 4.69) is 48.3 Å². The Bertz CT molecular complexity index is 685. The van der Waals surface area contributed by atoms with E-state index in [9.17, 15) is 0 Å². The molecule has 92 valence electrons. The fraction of sp³-hybridized carbons (Fsp3) is 0.500. The van der Waals surface area contributed by atoms with Crippen LogP contribution in [0, 0.1) is 5.41 Å². The maximum atomic E-state index is 3.45. The van der Waals surface area contributed by atoms with Crippen molar-refractivity contribution in [2.45, 2.75) is 31.2 Å². The van der Waals surface area contributed by atoms with Crippen molar-refractivity contribution in [3.8, 4) is 0 Å². The molecule has 1 spiro atoms. The van der Waals surface area contributed by atoms with Crippen LogP contribution in [0.15, 0.2) is 24.4 Å². The van der Waals surface area contributed by atoms with E-state index in [1.165, 1.54) is 35.9 Å². The second-order valence-corrected chi connectivity index (χ2v) is 6.89. The van der Waals surface area contributed by atoms with E-state index in [1.54, 1.807) is 5.56 Å². The van der Waals surface area contributed by atoms with Crippen LogP contribution in [0.25, 0.3) is 10.9 Å². The maximum absolute atomic E-state index is 3.45. The van der Waals surface area contributed by atoms with Gasteiger partial charge in [0.15, 0.2) is 0 Å². The summed E-state index contributed by atoms with van der Waals surface area (Å²) in [5.41, 5.74) is 5.46. The molecule has 1 saturated carbocycles. The second kappa shape index (κ2) is 2.53. The lowest BCUT2D eigenvalue weighted by atomic mass is 9.75. The molecule has 18 heavy (non-hydrogen) atoms. The average Bonchev–Trinajstić information content (AvgIpc) is 2.68. The number of piperidine rings is 1. The van der Waals surface area contributed by atoms with Gasteiger partial charge in [-0.3, -0.25) is 0 Å². The smallest absolute Gasteiger partial charge is 0.0459 e. The Morgan fingerprint density at radius 2 is 2.28 bits per heavy atom. The molecule has 3 atom stereocenters. The summed E-state index contributed by atoms with van der Waals surface area (Å²) >= 11 is 0. The number of rotatable bonds is 0. The molecule has 0 amide bonds. The predicted octanol–water partition coefficient (Wildman–Crippen LogP) is 2.69. The molecule has 3 aliphatic rings. The van der Waals surface area contributed by atoms with E-state index in [-0.39, 0.29) is 0 Å². The van der Waals surface area contributed by atoms with E-state index in [0.717, 1.165) is 6.04 Å². The molecule has 1 saturated heterocycles. The van der Waals surface area contributed by atoms with Gasteiger partial charge < -0.3 is 9.88 Å². The van der Waals surface area contributed by atoms with Crippen LogP contribution >= 0.6 is 0 Å². The van der Waals surface area contributed by atoms with E-state index >= 15 is 0 Å². The SMILES string of the molecule is CN1C[C@@]2(C)C[C@]23c2cccc4[nH]cc(c24)C[C@H]13. The third kappa shape index (κ3) is 0.777. The predicted molar refractivity (Wildman–Crippen MR) is 72.8 cm³/mol. The molecule has 0 bridgehead atoms. The zero-order chi connectivity index (χ0) is 12.1. The molecule has 5 rings (SSSR count). The van der Waals surface area contributed by atoms with Crippen molar-refractivity contribution in [3.63, 3.8) is 0 Å². The number of hydrogen-bond acceptors (Lipinski definition) is 1. The molecule has 2 heteroatoms. The summed E-state index contributed by atoms with van der Waals surface area (Å²) < 4.78 is 0. The molecule has 1 N–H and O–H groups in total. The topological polar surface area (TPSA) is 19.0 Å². The van der Waals surface area contributed by atoms with Gasteiger partial charge in [-0.1, -0.05) is 19.1 Å². The molecular weight excluding hydrogens is 220 g/mol. The first kappa shape index (κ1) is 9.62. The quantitative estimate of drug-likeness (QED) is 0.747. The molecule has 1 aliphatic heterocycles. The van der Waals surface area contributed by atoms with Crippen molar-refractivity contribution >= 4 is 10.9 Å². The summed E-state index contributed by atoms with van der Waals surface area (Å²) in [4.78, 5) is 6.05. The lowest BCUT2D eigenvalue weighted by molar-refractivity contribution is 0.246. The minimum absolute atomic E-state index is 0.455. The highest BCUT2D eigenvalue weighted by atomic mass is 15.2. The van der Waals surface area contributed by atoms with Crippen LogP contribution < -0.4 is 0 Å². The van der Waals surface area contributed by atoms with Crippen LogP contribution in [-0.4, -0.2) is 29.5 Å². The first-order valence-electron chi connectivity index (χ1n) is 6.95. The fourth-order valence-electron chi connectivity index (χ4n) is 5.25. The molecule has 2 aliphatic carbocycles. The first-order valence-corrected chi connectivity index (χ1v) is 6.95. The van der Waals surface area contributed by atoms with Crippen LogP contribution in [0.2, 0.25) is 0 Å². The van der Waals surface area contributed by atoms with Crippen molar-refractivity contribution in [1.82, 2.24) is 9.88 Å². The maximum Gasteiger partial charge on any atom is 0.0459 e. The van der Waals surface area contributed by atoms with E-state index in [1.807, 2.05) is 0 Å². The summed E-state index contributed by atoms with van der Waals surface area (Å²) in [6.07, 6.45) is 4.84. The highest BCUT2D eigenvalue weighted by Crippen LogP contribution is 2.73. The van der Waals surface area contributed by atoms with Gasteiger partial charge in [0.1, 0.15) is 0 Å². The number of hydrogen-bond donors (Lipinski definition) is 1. The van der Waals surface area contributed by atoms with Gasteiger partial charge in [0, 0.05) is 35.1 Å². The highest BCUT2D eigenvalue weighted by Gasteiger charge is 2.74. The van der Waals surface area contributed by atoms with Crippen molar-refractivity contribution in [1.29, 1.82) is 0 Å². The van der Waals surface area contributed by atoms with Crippen molar-refractivity contribution in [3.05, 3.63) is 35.5 Å². The van der Waals surface area contributed by atoms with Gasteiger partial charge in [-0.25, -0.2) is 0 Å². The van der Waals surface area contributed by atoms with E-state index < -0.39 is 0 Å². The highest BCUT2D eigenvalue weighted by molar-refractivity contribution is 5.90. The summed E-state index contributed by atoms with van der Waals surface area (Å²) in [6, 6.07) is 7.55. The Labute approximate surface area is 107 Å². The van der Waals surface area contributed by atoms with Gasteiger partial charge >= 0.3 is 0 Å². The Kier molecular flexibility index (Phi) is 1.35. The number of nitrogens with one attached hydrogen (secondary N) is 1. The summed E-state index contributed by atoms with van der Waals surface area (Å²) in [5.74, 6) is 0. The van der Waals surface area contributed by atoms with Gasteiger partial charge in [-0.15, -0.1) is 0 Å². The third-order valence-corrected chi connectivity index (χ3v) is 6.00. The van der Waals surface area contributed by atoms with Crippen LogP contribution in [0.5, 0.6) is 0 Å². The van der Waals surface area contributed by atoms with Gasteiger partial charge in [0.25, 0.3) is 0 Å². The largest absolute Gasteiger partial charge is 0.361 e. The summed E-state index contributed by atoms with van der Waals surface area (Å²) in [7, 11) is 2.31. The van der Waals surface area contributed by atoms with Gasteiger partial charge in [-0.2, -0.15) is 0 Å². The molecule has 2 fully saturated rings. The van der Waals surface area contributed by atoms with Crippen molar-refractivity contribution in [2.75, 3.05) is 13.6 Å². The number of likely N-dealkylation sites (N-methyl/N-ethyl adjacent to an activating group) is 1. The molecule has 0 unspecified atom stereocenters. The minimum atomic E-state index is 0.455. The minimum Gasteiger partial charge on any atom is -0.361 e. The zero-order valence-corrected chi connectivity index (χ0v) is 11.0. The number of benzene rings is 1. The number of aromatic nitrogens is 1. The van der Waals surface area contributed by atoms with Crippen molar-refractivity contribution < 1.29 is 0 Å². The van der Waals surface area contributed by atoms with Crippen LogP contribution in [0.3, 0.4) is 0 Å². The molecule has 2 heterocycles. The van der Waals surface area contributed by atoms with E-state index in [0.29, 0.717) is 10.8 Å². The van der Waals surface area contributed by atoms with Crippen LogP contribution in [-0.2, 0) is 11.8 Å². The Hall–Kier alpha value is -1.28. The monoisotopic (exact) mass is 238 g/mol. The Balaban J connectivity index is 1.89. The number of nitrogens with zero attached hydrogens (tertiary/aromatic N) is 1. The molecule has 0 radical (unpaired) electrons. The molecular formula is C16H18N2. The normalized spacial score (nSPS) is 40.9. The first-order chi connectivity index (χ1) is 8.66. The van der Waals surface area contributed by atoms with Crippen LogP contribution in [0.1, 0.15) is 24.5 Å². The van der Waals surface area contributed by atoms with Gasteiger partial charge in [0.05, 0.1) is 0 Å². The number of likely N-dealkylation sites (tertiary alicyclic amines) is 1. The summed E-state index contributed by atoms with van der Waals surface area (Å²) in [6.45, 7) is 3.75. The summed E-state index contributed by atoms with van der Waals surface area (Å²) in [5, 5.41) is 1.53. The van der Waals surface area contributed by atoms with Crippen molar-refractivity contribution in [2.24, 2.45) is 5.41 Å². The Morgan fingerprint density at radius 3 is 3.17 bits per heavy atom. The number of aromatic amines is 1. The van der Waals surface area contributed by atoms with E-state index in [4.69, 9.17) is 0 Å². The molecule has 1 aromatic carbocycles. The number of H-pyrrole nitrogens is 1. The van der Waals surface area contributed by atoms with Crippen LogP contribution in [0.4, 0.5) is 0 Å². The van der Waals surface area contributed by atoms with Gasteiger partial charge in [-0.05, 0) is 42.5 Å². The Morgan fingerprint density at radius 1 is 1.39 bits per heavy atom. The lowest BCUT2D eigenvalue weighted by Gasteiger charge is -2.34. The molecule has 1 aromatic heterocycles. The average molecular weight is 238 g/mol. The fourth-order valence-corrected chi connectivity index (χ4v) is 5.25. The molecule has 2 nitrogen and oxygen atoms in total. The second-order valence-electron chi connectivity index (χ2n) is 6.89.